The van der Waals surface area contributed by atoms with Crippen molar-refractivity contribution in [1.29, 1.82) is 0 Å². The van der Waals surface area contributed by atoms with E-state index in [-0.39, 0.29) is 16.7 Å². The van der Waals surface area contributed by atoms with E-state index in [0.717, 1.165) is 11.5 Å². The van der Waals surface area contributed by atoms with E-state index in [4.69, 9.17) is 5.73 Å². The van der Waals surface area contributed by atoms with Gasteiger partial charge in [0.2, 0.25) is 23.1 Å². The van der Waals surface area contributed by atoms with Gasteiger partial charge in [-0.15, -0.1) is 0 Å². The second-order valence-electron chi connectivity index (χ2n) is 2.14. The maximum absolute atomic E-state index is 10.8. The van der Waals surface area contributed by atoms with Crippen LogP contribution < -0.4 is 11.1 Å². The summed E-state index contributed by atoms with van der Waals surface area (Å²) in [5.74, 6) is -1.11. The highest BCUT2D eigenvalue weighted by molar-refractivity contribution is 7.10. The second-order valence-corrected chi connectivity index (χ2v) is 2.89. The number of amides is 2. The number of hydrogen-bond acceptors (Lipinski definition) is 7. The lowest BCUT2D eigenvalue weighted by molar-refractivity contribution is -0.112. The first-order chi connectivity index (χ1) is 7.19. The summed E-state index contributed by atoms with van der Waals surface area (Å²) in [6.07, 6.45) is 0.431. The Labute approximate surface area is 88.3 Å². The zero-order valence-corrected chi connectivity index (χ0v) is 8.37. The lowest BCUT2D eigenvalue weighted by Crippen LogP contribution is -2.18. The molecule has 0 saturated heterocycles. The molecule has 2 amide bonds. The van der Waals surface area contributed by atoms with Crippen molar-refractivity contribution in [2.75, 3.05) is 12.4 Å². The van der Waals surface area contributed by atoms with Gasteiger partial charge in [-0.25, -0.2) is 0 Å². The summed E-state index contributed by atoms with van der Waals surface area (Å²) in [5, 5.41) is 5.79. The van der Waals surface area contributed by atoms with Crippen molar-refractivity contribution in [3.05, 3.63) is 5.82 Å². The van der Waals surface area contributed by atoms with Crippen LogP contribution in [-0.2, 0) is 14.4 Å². The predicted molar refractivity (Wildman–Crippen MR) is 51.2 cm³/mol. The number of rotatable bonds is 5. The van der Waals surface area contributed by atoms with Crippen molar-refractivity contribution < 1.29 is 14.4 Å². The van der Waals surface area contributed by atoms with Gasteiger partial charge in [-0.3, -0.25) is 15.3 Å². The lowest BCUT2D eigenvalue weighted by atomic mass is 10.3. The number of nitrogens with zero attached hydrogens (tertiary/aromatic N) is 3. The summed E-state index contributed by atoms with van der Waals surface area (Å²) < 4.78 is 3.73. The Hall–Kier alpha value is -2.03. The van der Waals surface area contributed by atoms with Crippen molar-refractivity contribution in [3.8, 4) is 0 Å². The molecule has 1 aromatic rings. The Morgan fingerprint density at radius 1 is 1.73 bits per heavy atom. The second kappa shape index (κ2) is 5.00. The van der Waals surface area contributed by atoms with Gasteiger partial charge in [0, 0.05) is 11.5 Å². The van der Waals surface area contributed by atoms with Crippen LogP contribution in [0.2, 0.25) is 0 Å². The fraction of sp³-hybridized carbons (Fsp3) is 0.167. The number of nitrogens with one attached hydrogen (secondary N) is 2. The number of hydrogen-bond donors (Lipinski definition) is 1. The molecule has 0 unspecified atom stereocenters. The quantitative estimate of drug-likeness (QED) is 0.405. The number of aromatic nitrogens is 2. The van der Waals surface area contributed by atoms with Crippen LogP contribution in [-0.4, -0.2) is 34.5 Å². The van der Waals surface area contributed by atoms with Gasteiger partial charge in [-0.05, 0) is 0 Å². The third-order valence-electron chi connectivity index (χ3n) is 1.22. The number of carbonyl (C=O) groups excluding carboxylic acids is 2. The van der Waals surface area contributed by atoms with E-state index in [9.17, 15) is 9.59 Å². The van der Waals surface area contributed by atoms with E-state index in [1.165, 1.54) is 7.11 Å². The highest BCUT2D eigenvalue weighted by Gasteiger charge is 2.17. The van der Waals surface area contributed by atoms with E-state index in [0.29, 0.717) is 6.41 Å². The van der Waals surface area contributed by atoms with Crippen LogP contribution in [0.25, 0.3) is 0 Å². The Morgan fingerprint density at radius 3 is 3.00 bits per heavy atom. The summed E-state index contributed by atoms with van der Waals surface area (Å²) in [4.78, 5) is 29.0. The van der Waals surface area contributed by atoms with Gasteiger partial charge in [-0.2, -0.15) is 9.36 Å². The van der Waals surface area contributed by atoms with Crippen LogP contribution in [0.1, 0.15) is 5.82 Å². The fourth-order valence-electron chi connectivity index (χ4n) is 0.704. The van der Waals surface area contributed by atoms with E-state index in [1.807, 2.05) is 0 Å². The summed E-state index contributed by atoms with van der Waals surface area (Å²) in [6.45, 7) is 0. The standard InChI is InChI=1S/C6H6N5O3S/c1-14-10-3(4(7)13)5-9-6(8-2-12)15-11-5/h2,7H,1H3,(H,8,9,11,12)/b10-3-. The van der Waals surface area contributed by atoms with Crippen LogP contribution in [0.4, 0.5) is 5.13 Å². The molecule has 0 saturated carbocycles. The fourth-order valence-corrected chi connectivity index (χ4v) is 1.23. The topological polar surface area (TPSA) is 117 Å². The molecule has 8 nitrogen and oxygen atoms in total. The summed E-state index contributed by atoms with van der Waals surface area (Å²) in [6, 6.07) is 0. The molecular formula is C6H6N5O3S. The Bertz CT molecular complexity index is 401. The molecule has 1 radical (unpaired) electrons. The maximum Gasteiger partial charge on any atom is 0.295 e. The van der Waals surface area contributed by atoms with Crippen molar-refractivity contribution in [2.24, 2.45) is 5.16 Å². The zero-order valence-electron chi connectivity index (χ0n) is 7.55. The molecule has 1 heterocycles. The lowest BCUT2D eigenvalue weighted by Gasteiger charge is -1.93. The molecule has 0 bridgehead atoms. The third kappa shape index (κ3) is 2.71. The summed E-state index contributed by atoms with van der Waals surface area (Å²) in [7, 11) is 1.24. The minimum absolute atomic E-state index is 0.0498. The van der Waals surface area contributed by atoms with Gasteiger partial charge in [0.25, 0.3) is 5.91 Å². The van der Waals surface area contributed by atoms with Crippen LogP contribution >= 0.6 is 11.5 Å². The molecule has 0 fully saturated rings. The number of carbonyl (C=O) groups is 2. The van der Waals surface area contributed by atoms with Gasteiger partial charge in [0.1, 0.15) is 7.11 Å². The molecule has 9 heteroatoms. The van der Waals surface area contributed by atoms with Crippen molar-refractivity contribution in [3.63, 3.8) is 0 Å². The van der Waals surface area contributed by atoms with Crippen molar-refractivity contribution in [2.45, 2.75) is 0 Å². The largest absolute Gasteiger partial charge is 0.398 e. The average molecular weight is 228 g/mol. The maximum atomic E-state index is 10.8. The van der Waals surface area contributed by atoms with Crippen LogP contribution in [0.15, 0.2) is 5.16 Å². The van der Waals surface area contributed by atoms with Gasteiger partial charge in [-0.1, -0.05) is 5.16 Å². The van der Waals surface area contributed by atoms with Crippen LogP contribution in [0.3, 0.4) is 0 Å². The highest BCUT2D eigenvalue weighted by atomic mass is 32.1. The molecule has 0 spiro atoms. The molecule has 15 heavy (non-hydrogen) atoms. The van der Waals surface area contributed by atoms with Crippen LogP contribution in [0.5, 0.6) is 0 Å². The molecule has 0 aliphatic heterocycles. The minimum Gasteiger partial charge on any atom is -0.398 e. The van der Waals surface area contributed by atoms with E-state index in [1.54, 1.807) is 0 Å². The Balaban J connectivity index is 2.97. The molecule has 0 aromatic carbocycles. The molecule has 2 N–H and O–H groups in total. The van der Waals surface area contributed by atoms with Gasteiger partial charge in [0.15, 0.2) is 0 Å². The molecule has 0 atom stereocenters. The zero-order chi connectivity index (χ0) is 11.3. The molecule has 79 valence electrons. The predicted octanol–water partition coefficient (Wildman–Crippen LogP) is -0.734. The SMILES string of the molecule is CO/N=C(/C([NH])=O)c1nsc(NC=O)n1. The summed E-state index contributed by atoms with van der Waals surface area (Å²) in [5.41, 5.74) is 6.56. The van der Waals surface area contributed by atoms with Gasteiger partial charge < -0.3 is 10.2 Å². The molecule has 0 aliphatic rings. The van der Waals surface area contributed by atoms with Crippen molar-refractivity contribution >= 4 is 34.7 Å². The van der Waals surface area contributed by atoms with E-state index in [2.05, 4.69) is 24.7 Å². The molecule has 1 aromatic heterocycles. The van der Waals surface area contributed by atoms with E-state index < -0.39 is 5.91 Å². The van der Waals surface area contributed by atoms with E-state index >= 15 is 0 Å². The van der Waals surface area contributed by atoms with Gasteiger partial charge in [0.05, 0.1) is 0 Å². The molecular weight excluding hydrogens is 222 g/mol. The highest BCUT2D eigenvalue weighted by Crippen LogP contribution is 2.10. The first-order valence-corrected chi connectivity index (χ1v) is 4.37. The first kappa shape index (κ1) is 11.0. The number of oxime groups is 1. The molecule has 0 aliphatic carbocycles. The Morgan fingerprint density at radius 2 is 2.47 bits per heavy atom. The normalized spacial score (nSPS) is 10.9. The smallest absolute Gasteiger partial charge is 0.295 e. The Kier molecular flexibility index (Phi) is 3.68. The van der Waals surface area contributed by atoms with Crippen LogP contribution in [0, 0.1) is 0 Å². The van der Waals surface area contributed by atoms with Gasteiger partial charge >= 0.3 is 0 Å². The monoisotopic (exact) mass is 228 g/mol. The average Bonchev–Trinajstić information content (AvgIpc) is 2.62. The minimum atomic E-state index is -1.06. The summed E-state index contributed by atoms with van der Waals surface area (Å²) >= 11 is 0.870. The van der Waals surface area contributed by atoms with Crippen molar-refractivity contribution in [1.82, 2.24) is 15.1 Å². The third-order valence-corrected chi connectivity index (χ3v) is 1.86. The molecule has 1 rings (SSSR count). The first-order valence-electron chi connectivity index (χ1n) is 3.60. The number of anilines is 1.